The van der Waals surface area contributed by atoms with Crippen LogP contribution in [-0.4, -0.2) is 32.8 Å². The monoisotopic (exact) mass is 389 g/mol. The van der Waals surface area contributed by atoms with E-state index in [2.05, 4.69) is 21.7 Å². The number of hydrogen-bond acceptors (Lipinski definition) is 2. The van der Waals surface area contributed by atoms with Crippen molar-refractivity contribution < 1.29 is 9.13 Å². The molecule has 0 aliphatic carbocycles. The van der Waals surface area contributed by atoms with Crippen LogP contribution < -0.4 is 10.6 Å². The van der Waals surface area contributed by atoms with Crippen LogP contribution in [0.5, 0.6) is 0 Å². The van der Waals surface area contributed by atoms with Gasteiger partial charge in [0.25, 0.3) is 0 Å². The predicted octanol–water partition coefficient (Wildman–Crippen LogP) is 3.89. The smallest absolute Gasteiger partial charge is 0.191 e. The van der Waals surface area contributed by atoms with Crippen LogP contribution in [0, 0.1) is 5.82 Å². The van der Waals surface area contributed by atoms with Crippen molar-refractivity contribution in [3.63, 3.8) is 0 Å². The molecule has 1 fully saturated rings. The molecule has 0 atom stereocenters. The molecule has 0 unspecified atom stereocenters. The van der Waals surface area contributed by atoms with Crippen molar-refractivity contribution in [3.05, 3.63) is 70.5 Å². The van der Waals surface area contributed by atoms with E-state index in [1.165, 1.54) is 11.6 Å². The highest BCUT2D eigenvalue weighted by molar-refractivity contribution is 6.30. The van der Waals surface area contributed by atoms with Gasteiger partial charge in [-0.05, 0) is 36.6 Å². The Bertz CT molecular complexity index is 791. The number of guanidine groups is 1. The minimum atomic E-state index is -0.222. The van der Waals surface area contributed by atoms with Crippen LogP contribution in [0.3, 0.4) is 0 Å². The van der Waals surface area contributed by atoms with Gasteiger partial charge in [-0.25, -0.2) is 4.39 Å². The number of hydrogen-bond donors (Lipinski definition) is 2. The predicted molar refractivity (Wildman–Crippen MR) is 108 cm³/mol. The van der Waals surface area contributed by atoms with Crippen LogP contribution in [0.15, 0.2) is 53.5 Å². The minimum Gasteiger partial charge on any atom is -0.381 e. The van der Waals surface area contributed by atoms with E-state index in [1.807, 2.05) is 24.3 Å². The van der Waals surface area contributed by atoms with Gasteiger partial charge >= 0.3 is 0 Å². The molecule has 0 bridgehead atoms. The fraction of sp³-hybridized carbons (Fsp3) is 0.381. The van der Waals surface area contributed by atoms with E-state index in [0.717, 1.165) is 31.1 Å². The molecule has 6 heteroatoms. The third kappa shape index (κ3) is 4.99. The number of nitrogens with zero attached hydrogens (tertiary/aromatic N) is 1. The Labute approximate surface area is 164 Å². The van der Waals surface area contributed by atoms with Crippen LogP contribution in [0.1, 0.15) is 24.0 Å². The first kappa shape index (κ1) is 19.6. The number of nitrogens with one attached hydrogen (secondary N) is 2. The van der Waals surface area contributed by atoms with Gasteiger partial charge in [0.1, 0.15) is 5.82 Å². The van der Waals surface area contributed by atoms with Gasteiger partial charge in [0.15, 0.2) is 5.96 Å². The van der Waals surface area contributed by atoms with Crippen molar-refractivity contribution in [2.24, 2.45) is 4.99 Å². The van der Waals surface area contributed by atoms with Gasteiger partial charge in [0.05, 0.1) is 0 Å². The third-order valence-corrected chi connectivity index (χ3v) is 5.34. The Morgan fingerprint density at radius 3 is 2.63 bits per heavy atom. The first-order valence-corrected chi connectivity index (χ1v) is 9.52. The van der Waals surface area contributed by atoms with Gasteiger partial charge in [0, 0.05) is 49.4 Å². The topological polar surface area (TPSA) is 45.7 Å². The van der Waals surface area contributed by atoms with Crippen LogP contribution in [0.2, 0.25) is 5.02 Å². The second kappa shape index (κ2) is 9.20. The zero-order chi connectivity index (χ0) is 19.1. The highest BCUT2D eigenvalue weighted by atomic mass is 35.5. The van der Waals surface area contributed by atoms with Crippen molar-refractivity contribution in [2.45, 2.75) is 24.8 Å². The fourth-order valence-corrected chi connectivity index (χ4v) is 3.63. The molecule has 27 heavy (non-hydrogen) atoms. The number of rotatable bonds is 5. The summed E-state index contributed by atoms with van der Waals surface area (Å²) in [6, 6.07) is 14.8. The highest BCUT2D eigenvalue weighted by Crippen LogP contribution is 2.35. The maximum atomic E-state index is 13.8. The normalized spacial score (nSPS) is 16.8. The van der Waals surface area contributed by atoms with E-state index in [9.17, 15) is 4.39 Å². The third-order valence-electron chi connectivity index (χ3n) is 5.11. The van der Waals surface area contributed by atoms with Gasteiger partial charge in [-0.15, -0.1) is 0 Å². The summed E-state index contributed by atoms with van der Waals surface area (Å²) in [5.41, 5.74) is 1.74. The van der Waals surface area contributed by atoms with Crippen LogP contribution in [0.4, 0.5) is 4.39 Å². The summed E-state index contributed by atoms with van der Waals surface area (Å²) < 4.78 is 19.4. The van der Waals surface area contributed by atoms with Gasteiger partial charge in [-0.2, -0.15) is 0 Å². The van der Waals surface area contributed by atoms with Crippen molar-refractivity contribution in [3.8, 4) is 0 Å². The van der Waals surface area contributed by atoms with Crippen molar-refractivity contribution >= 4 is 17.6 Å². The van der Waals surface area contributed by atoms with Gasteiger partial charge in [0.2, 0.25) is 0 Å². The molecule has 1 aliphatic heterocycles. The maximum Gasteiger partial charge on any atom is 0.191 e. The Morgan fingerprint density at radius 1 is 1.15 bits per heavy atom. The lowest BCUT2D eigenvalue weighted by Crippen LogP contribution is -2.48. The molecule has 0 radical (unpaired) electrons. The number of benzene rings is 2. The molecule has 144 valence electrons. The summed E-state index contributed by atoms with van der Waals surface area (Å²) in [6.07, 6.45) is 1.81. The van der Waals surface area contributed by atoms with Crippen molar-refractivity contribution in [2.75, 3.05) is 26.8 Å². The Kier molecular flexibility index (Phi) is 6.69. The van der Waals surface area contributed by atoms with E-state index in [1.54, 1.807) is 19.2 Å². The first-order valence-electron chi connectivity index (χ1n) is 9.15. The Balaban J connectivity index is 1.68. The largest absolute Gasteiger partial charge is 0.381 e. The number of aliphatic imine (C=N–C) groups is 1. The molecular formula is C21H25ClFN3O. The van der Waals surface area contributed by atoms with Gasteiger partial charge in [-0.1, -0.05) is 41.9 Å². The van der Waals surface area contributed by atoms with Crippen LogP contribution in [0.25, 0.3) is 0 Å². The second-order valence-corrected chi connectivity index (χ2v) is 7.21. The highest BCUT2D eigenvalue weighted by Gasteiger charge is 2.34. The summed E-state index contributed by atoms with van der Waals surface area (Å²) in [4.78, 5) is 4.27. The lowest BCUT2D eigenvalue weighted by Gasteiger charge is -2.38. The molecule has 2 aromatic carbocycles. The molecule has 3 rings (SSSR count). The van der Waals surface area contributed by atoms with E-state index in [0.29, 0.717) is 24.6 Å². The zero-order valence-corrected chi connectivity index (χ0v) is 16.2. The second-order valence-electron chi connectivity index (χ2n) is 6.77. The van der Waals surface area contributed by atoms with Crippen LogP contribution >= 0.6 is 11.6 Å². The average molecular weight is 390 g/mol. The fourth-order valence-electron chi connectivity index (χ4n) is 3.44. The van der Waals surface area contributed by atoms with E-state index in [-0.39, 0.29) is 11.2 Å². The molecule has 2 N–H and O–H groups in total. The van der Waals surface area contributed by atoms with E-state index < -0.39 is 0 Å². The van der Waals surface area contributed by atoms with Crippen molar-refractivity contribution in [1.82, 2.24) is 10.6 Å². The number of halogens is 2. The summed E-state index contributed by atoms with van der Waals surface area (Å²) in [5, 5.41) is 7.33. The standard InChI is InChI=1S/C21H25ClFN3O/c1-24-20(25-14-16-5-2-3-8-19(16)23)26-15-21(9-11-27-12-10-21)17-6-4-7-18(22)13-17/h2-8,13H,9-12,14-15H2,1H3,(H2,24,25,26). The molecule has 4 nitrogen and oxygen atoms in total. The van der Waals surface area contributed by atoms with Crippen LogP contribution in [-0.2, 0) is 16.7 Å². The lowest BCUT2D eigenvalue weighted by atomic mass is 9.74. The summed E-state index contributed by atoms with van der Waals surface area (Å²) in [6.45, 7) is 2.51. The van der Waals surface area contributed by atoms with E-state index in [4.69, 9.17) is 16.3 Å². The lowest BCUT2D eigenvalue weighted by molar-refractivity contribution is 0.0514. The zero-order valence-electron chi connectivity index (χ0n) is 15.5. The molecule has 0 aromatic heterocycles. The van der Waals surface area contributed by atoms with Crippen molar-refractivity contribution in [1.29, 1.82) is 0 Å². The first-order chi connectivity index (χ1) is 13.1. The molecule has 1 heterocycles. The summed E-state index contributed by atoms with van der Waals surface area (Å²) in [5.74, 6) is 0.423. The Morgan fingerprint density at radius 2 is 1.93 bits per heavy atom. The molecule has 0 amide bonds. The van der Waals surface area contributed by atoms with Gasteiger partial charge < -0.3 is 15.4 Å². The quantitative estimate of drug-likeness (QED) is 0.602. The molecule has 2 aromatic rings. The van der Waals surface area contributed by atoms with E-state index >= 15 is 0 Å². The SMILES string of the molecule is CN=C(NCc1ccccc1F)NCC1(c2cccc(Cl)c2)CCOCC1. The average Bonchev–Trinajstić information content (AvgIpc) is 2.70. The summed E-state index contributed by atoms with van der Waals surface area (Å²) in [7, 11) is 1.72. The maximum absolute atomic E-state index is 13.8. The summed E-state index contributed by atoms with van der Waals surface area (Å²) >= 11 is 6.23. The Hall–Kier alpha value is -2.11. The molecule has 0 spiro atoms. The molecular weight excluding hydrogens is 365 g/mol. The minimum absolute atomic E-state index is 0.0707. The molecule has 1 saturated heterocycles. The number of ether oxygens (including phenoxy) is 1. The molecule has 1 aliphatic rings. The molecule has 0 saturated carbocycles. The van der Waals surface area contributed by atoms with Gasteiger partial charge in [-0.3, -0.25) is 4.99 Å².